The maximum atomic E-state index is 5.98. The Balaban J connectivity index is 1.94. The van der Waals surface area contributed by atoms with Crippen LogP contribution in [0.15, 0.2) is 6.20 Å². The topological polar surface area (TPSA) is 27.1 Å². The summed E-state index contributed by atoms with van der Waals surface area (Å²) in [6.07, 6.45) is 5.94. The summed E-state index contributed by atoms with van der Waals surface area (Å²) in [4.78, 5) is 0. The molecule has 0 saturated heterocycles. The lowest BCUT2D eigenvalue weighted by Crippen LogP contribution is -2.43. The molecule has 0 N–H and O–H groups in total. The van der Waals surface area contributed by atoms with Crippen molar-refractivity contribution >= 4 is 0 Å². The smallest absolute Gasteiger partial charge is 0.215 e. The fourth-order valence-electron chi connectivity index (χ4n) is 2.72. The van der Waals surface area contributed by atoms with E-state index in [9.17, 15) is 0 Å². The Morgan fingerprint density at radius 3 is 2.69 bits per heavy atom. The van der Waals surface area contributed by atoms with E-state index in [0.29, 0.717) is 5.41 Å². The summed E-state index contributed by atoms with van der Waals surface area (Å²) >= 11 is 0. The Morgan fingerprint density at radius 2 is 2.12 bits per heavy atom. The molecule has 88 valence electrons. The summed E-state index contributed by atoms with van der Waals surface area (Å²) in [6.45, 7) is 8.58. The van der Waals surface area contributed by atoms with Crippen molar-refractivity contribution in [1.82, 2.24) is 9.78 Å². The second kappa shape index (κ2) is 3.02. The number of nitrogens with zero attached hydrogens (tertiary/aromatic N) is 2. The molecule has 0 radical (unpaired) electrons. The van der Waals surface area contributed by atoms with E-state index in [4.69, 9.17) is 4.74 Å². The molecular weight excluding hydrogens is 200 g/mol. The van der Waals surface area contributed by atoms with E-state index in [-0.39, 0.29) is 5.41 Å². The van der Waals surface area contributed by atoms with Gasteiger partial charge in [-0.25, -0.2) is 4.68 Å². The maximum Gasteiger partial charge on any atom is 0.215 e. The molecule has 1 fully saturated rings. The van der Waals surface area contributed by atoms with Gasteiger partial charge in [-0.05, 0) is 18.3 Å². The van der Waals surface area contributed by atoms with Crippen LogP contribution in [-0.2, 0) is 12.0 Å². The van der Waals surface area contributed by atoms with Gasteiger partial charge in [0.25, 0.3) is 0 Å². The van der Waals surface area contributed by atoms with Crippen molar-refractivity contribution in [3.63, 3.8) is 0 Å². The van der Waals surface area contributed by atoms with Crippen LogP contribution >= 0.6 is 0 Å². The van der Waals surface area contributed by atoms with Crippen LogP contribution in [0.3, 0.4) is 0 Å². The van der Waals surface area contributed by atoms with Crippen molar-refractivity contribution in [2.45, 2.75) is 52.0 Å². The molecular formula is C13H20N2O. The lowest BCUT2D eigenvalue weighted by Gasteiger charge is -2.44. The summed E-state index contributed by atoms with van der Waals surface area (Å²) < 4.78 is 8.05. The Hall–Kier alpha value is -0.990. The largest absolute Gasteiger partial charge is 0.477 e. The molecule has 16 heavy (non-hydrogen) atoms. The van der Waals surface area contributed by atoms with Crippen LogP contribution in [0.25, 0.3) is 0 Å². The Bertz CT molecular complexity index is 410. The highest BCUT2D eigenvalue weighted by Gasteiger charge is 2.43. The first-order valence-corrected chi connectivity index (χ1v) is 6.19. The van der Waals surface area contributed by atoms with Crippen molar-refractivity contribution in [2.75, 3.05) is 6.61 Å². The van der Waals surface area contributed by atoms with Crippen LogP contribution in [0, 0.1) is 5.41 Å². The first-order chi connectivity index (χ1) is 7.50. The second-order valence-electron chi connectivity index (χ2n) is 6.41. The van der Waals surface area contributed by atoms with Gasteiger partial charge in [-0.1, -0.05) is 27.2 Å². The summed E-state index contributed by atoms with van der Waals surface area (Å²) in [6, 6.07) is 0. The molecule has 1 aliphatic heterocycles. The zero-order valence-electron chi connectivity index (χ0n) is 10.4. The number of rotatable bonds is 0. The predicted octanol–water partition coefficient (Wildman–Crippen LogP) is 2.74. The Kier molecular flexibility index (Phi) is 1.92. The molecule has 1 aliphatic carbocycles. The number of hydrogen-bond acceptors (Lipinski definition) is 2. The quantitative estimate of drug-likeness (QED) is 0.672. The van der Waals surface area contributed by atoms with Crippen molar-refractivity contribution in [1.29, 1.82) is 0 Å². The van der Waals surface area contributed by atoms with Crippen LogP contribution in [-0.4, -0.2) is 16.4 Å². The number of hydrogen-bond donors (Lipinski definition) is 0. The van der Waals surface area contributed by atoms with Gasteiger partial charge in [0.15, 0.2) is 0 Å². The van der Waals surface area contributed by atoms with E-state index in [1.54, 1.807) is 0 Å². The highest BCUT2D eigenvalue weighted by Crippen LogP contribution is 2.47. The molecule has 0 bridgehead atoms. The fraction of sp³-hybridized carbons (Fsp3) is 0.769. The van der Waals surface area contributed by atoms with E-state index in [1.165, 1.54) is 24.8 Å². The summed E-state index contributed by atoms with van der Waals surface area (Å²) in [5.74, 6) is 1.00. The lowest BCUT2D eigenvalue weighted by molar-refractivity contribution is 0.000850. The van der Waals surface area contributed by atoms with Crippen LogP contribution in [0.4, 0.5) is 0 Å². The second-order valence-corrected chi connectivity index (χ2v) is 6.41. The maximum absolute atomic E-state index is 5.98. The van der Waals surface area contributed by atoms with Crippen LogP contribution < -0.4 is 4.74 Å². The molecule has 1 aromatic rings. The summed E-state index contributed by atoms with van der Waals surface area (Å²) in [7, 11) is 0. The molecule has 1 aromatic heterocycles. The first-order valence-electron chi connectivity index (χ1n) is 6.19. The van der Waals surface area contributed by atoms with E-state index >= 15 is 0 Å². The van der Waals surface area contributed by atoms with Gasteiger partial charge in [-0.3, -0.25) is 0 Å². The third-order valence-electron chi connectivity index (χ3n) is 4.01. The van der Waals surface area contributed by atoms with E-state index in [0.717, 1.165) is 19.0 Å². The minimum atomic E-state index is 0.123. The molecule has 0 atom stereocenters. The Labute approximate surface area is 96.8 Å². The molecule has 0 aromatic carbocycles. The van der Waals surface area contributed by atoms with Gasteiger partial charge in [0.05, 0.1) is 19.3 Å². The van der Waals surface area contributed by atoms with Crippen molar-refractivity contribution in [3.05, 3.63) is 11.8 Å². The summed E-state index contributed by atoms with van der Waals surface area (Å²) in [5.41, 5.74) is 1.77. The Morgan fingerprint density at radius 1 is 1.38 bits per heavy atom. The minimum absolute atomic E-state index is 0.123. The lowest BCUT2D eigenvalue weighted by atomic mass is 9.69. The summed E-state index contributed by atoms with van der Waals surface area (Å²) in [5, 5.41) is 4.49. The average Bonchev–Trinajstić information content (AvgIpc) is 2.56. The zero-order chi connectivity index (χ0) is 11.4. The van der Waals surface area contributed by atoms with E-state index in [1.807, 2.05) is 6.20 Å². The van der Waals surface area contributed by atoms with Crippen LogP contribution in [0.1, 0.15) is 45.6 Å². The van der Waals surface area contributed by atoms with Crippen molar-refractivity contribution in [3.8, 4) is 5.88 Å². The third kappa shape index (κ3) is 1.37. The number of ether oxygens (including phenoxy) is 1. The monoisotopic (exact) mass is 220 g/mol. The number of aromatic nitrogens is 2. The highest BCUT2D eigenvalue weighted by molar-refractivity contribution is 5.32. The third-order valence-corrected chi connectivity index (χ3v) is 4.01. The standard InChI is InChI=1S/C13H20N2O/c1-12(2,3)10-7-14-15-8-13(5-4-6-13)9-16-11(10)15/h7H,4-6,8-9H2,1-3H3. The van der Waals surface area contributed by atoms with Crippen LogP contribution in [0.2, 0.25) is 0 Å². The first kappa shape index (κ1) is 10.2. The van der Waals surface area contributed by atoms with Gasteiger partial charge in [0.2, 0.25) is 5.88 Å². The van der Waals surface area contributed by atoms with Gasteiger partial charge >= 0.3 is 0 Å². The normalized spacial score (nSPS) is 22.4. The molecule has 2 heterocycles. The van der Waals surface area contributed by atoms with Gasteiger partial charge < -0.3 is 4.74 Å². The molecule has 1 spiro atoms. The van der Waals surface area contributed by atoms with E-state index in [2.05, 4.69) is 30.6 Å². The van der Waals surface area contributed by atoms with Crippen molar-refractivity contribution < 1.29 is 4.74 Å². The van der Waals surface area contributed by atoms with Gasteiger partial charge in [-0.2, -0.15) is 5.10 Å². The van der Waals surface area contributed by atoms with E-state index < -0.39 is 0 Å². The van der Waals surface area contributed by atoms with Crippen molar-refractivity contribution in [2.24, 2.45) is 5.41 Å². The van der Waals surface area contributed by atoms with Gasteiger partial charge in [0, 0.05) is 11.0 Å². The van der Waals surface area contributed by atoms with Crippen LogP contribution in [0.5, 0.6) is 5.88 Å². The zero-order valence-corrected chi connectivity index (χ0v) is 10.4. The SMILES string of the molecule is CC(C)(C)c1cnn2c1OCC1(CCC1)C2. The minimum Gasteiger partial charge on any atom is -0.477 e. The van der Waals surface area contributed by atoms with Gasteiger partial charge in [0.1, 0.15) is 0 Å². The number of fused-ring (bicyclic) bond motifs is 1. The molecule has 0 amide bonds. The van der Waals surface area contributed by atoms with Gasteiger partial charge in [-0.15, -0.1) is 0 Å². The molecule has 2 aliphatic rings. The predicted molar refractivity (Wildman–Crippen MR) is 62.7 cm³/mol. The molecule has 1 saturated carbocycles. The average molecular weight is 220 g/mol. The molecule has 0 unspecified atom stereocenters. The molecule has 3 heteroatoms. The highest BCUT2D eigenvalue weighted by atomic mass is 16.5. The molecule has 3 rings (SSSR count). The molecule has 3 nitrogen and oxygen atoms in total. The fourth-order valence-corrected chi connectivity index (χ4v) is 2.72.